The van der Waals surface area contributed by atoms with Crippen LogP contribution in [0.3, 0.4) is 0 Å². The summed E-state index contributed by atoms with van der Waals surface area (Å²) in [4.78, 5) is 0. The lowest BCUT2D eigenvalue weighted by atomic mass is 10.1. The second-order valence-corrected chi connectivity index (χ2v) is 4.83. The topological polar surface area (TPSA) is 43.8 Å². The molecular formula is C14H18ClN3. The highest BCUT2D eigenvalue weighted by molar-refractivity contribution is 6.30. The predicted octanol–water partition coefficient (Wildman–Crippen LogP) is 3.16. The third-order valence-corrected chi connectivity index (χ3v) is 3.53. The van der Waals surface area contributed by atoms with Gasteiger partial charge < -0.3 is 5.73 Å². The summed E-state index contributed by atoms with van der Waals surface area (Å²) in [5.41, 5.74) is 11.3. The van der Waals surface area contributed by atoms with E-state index >= 15 is 0 Å². The molecule has 0 atom stereocenters. The Kier molecular flexibility index (Phi) is 3.73. The first-order valence-corrected chi connectivity index (χ1v) is 6.50. The van der Waals surface area contributed by atoms with E-state index in [1.54, 1.807) is 0 Å². The predicted molar refractivity (Wildman–Crippen MR) is 75.3 cm³/mol. The van der Waals surface area contributed by atoms with Crippen LogP contribution in [0.1, 0.15) is 29.4 Å². The zero-order chi connectivity index (χ0) is 13.3. The molecule has 4 heteroatoms. The average molecular weight is 264 g/mol. The van der Waals surface area contributed by atoms with Gasteiger partial charge in [0.25, 0.3) is 0 Å². The number of aromatic nitrogens is 2. The maximum Gasteiger partial charge on any atom is 0.0708 e. The zero-order valence-corrected chi connectivity index (χ0v) is 11.8. The van der Waals surface area contributed by atoms with Crippen molar-refractivity contribution in [3.63, 3.8) is 0 Å². The molecule has 0 fully saturated rings. The molecular weight excluding hydrogens is 246 g/mol. The Balaban J connectivity index is 2.65. The highest BCUT2D eigenvalue weighted by atomic mass is 35.5. The largest absolute Gasteiger partial charge is 0.326 e. The van der Waals surface area contributed by atoms with Crippen LogP contribution < -0.4 is 5.73 Å². The summed E-state index contributed by atoms with van der Waals surface area (Å²) in [5.74, 6) is 0. The Hall–Kier alpha value is -1.32. The molecule has 0 saturated carbocycles. The lowest BCUT2D eigenvalue weighted by Gasteiger charge is -2.10. The zero-order valence-electron chi connectivity index (χ0n) is 11.0. The molecule has 1 aromatic heterocycles. The SMILES string of the molecule is CCc1c(C)nn(-c2cc(Cl)ccc2CN)c1C. The first kappa shape index (κ1) is 13.1. The molecule has 2 aromatic rings. The lowest BCUT2D eigenvalue weighted by molar-refractivity contribution is 0.817. The number of aryl methyl sites for hydroxylation is 1. The fourth-order valence-electron chi connectivity index (χ4n) is 2.33. The molecule has 0 unspecified atom stereocenters. The fourth-order valence-corrected chi connectivity index (χ4v) is 2.49. The van der Waals surface area contributed by atoms with Crippen LogP contribution in [0.25, 0.3) is 5.69 Å². The molecule has 2 rings (SSSR count). The van der Waals surface area contributed by atoms with Crippen molar-refractivity contribution in [1.29, 1.82) is 0 Å². The maximum atomic E-state index is 6.07. The standard InChI is InChI=1S/C14H18ClN3/c1-4-13-9(2)17-18(10(13)3)14-7-12(15)6-5-11(14)8-16/h5-7H,4,8,16H2,1-3H3. The van der Waals surface area contributed by atoms with Crippen molar-refractivity contribution in [3.05, 3.63) is 45.7 Å². The van der Waals surface area contributed by atoms with E-state index in [0.29, 0.717) is 11.6 Å². The number of nitrogens with zero attached hydrogens (tertiary/aromatic N) is 2. The van der Waals surface area contributed by atoms with E-state index in [1.165, 1.54) is 5.56 Å². The van der Waals surface area contributed by atoms with Crippen molar-refractivity contribution < 1.29 is 0 Å². The van der Waals surface area contributed by atoms with Crippen LogP contribution in [-0.2, 0) is 13.0 Å². The van der Waals surface area contributed by atoms with Crippen molar-refractivity contribution in [2.24, 2.45) is 5.73 Å². The normalized spacial score (nSPS) is 10.9. The van der Waals surface area contributed by atoms with Gasteiger partial charge in [-0.2, -0.15) is 5.10 Å². The monoisotopic (exact) mass is 263 g/mol. The molecule has 0 spiro atoms. The Morgan fingerprint density at radius 2 is 2.06 bits per heavy atom. The fraction of sp³-hybridized carbons (Fsp3) is 0.357. The minimum absolute atomic E-state index is 0.478. The Bertz CT molecular complexity index is 573. The Morgan fingerprint density at radius 1 is 1.33 bits per heavy atom. The molecule has 3 nitrogen and oxygen atoms in total. The molecule has 2 N–H and O–H groups in total. The average Bonchev–Trinajstić information content (AvgIpc) is 2.64. The van der Waals surface area contributed by atoms with Gasteiger partial charge in [0.2, 0.25) is 0 Å². The number of hydrogen-bond acceptors (Lipinski definition) is 2. The van der Waals surface area contributed by atoms with Crippen LogP contribution in [0, 0.1) is 13.8 Å². The molecule has 1 aromatic carbocycles. The van der Waals surface area contributed by atoms with E-state index in [1.807, 2.05) is 29.8 Å². The maximum absolute atomic E-state index is 6.07. The molecule has 0 aliphatic carbocycles. The Labute approximate surface area is 113 Å². The van der Waals surface area contributed by atoms with Gasteiger partial charge in [-0.25, -0.2) is 4.68 Å². The van der Waals surface area contributed by atoms with Crippen LogP contribution in [0.2, 0.25) is 5.02 Å². The number of halogens is 1. The first-order valence-electron chi connectivity index (χ1n) is 6.12. The van der Waals surface area contributed by atoms with Crippen molar-refractivity contribution in [2.75, 3.05) is 0 Å². The van der Waals surface area contributed by atoms with Crippen LogP contribution in [-0.4, -0.2) is 9.78 Å². The van der Waals surface area contributed by atoms with Gasteiger partial charge in [0.1, 0.15) is 0 Å². The van der Waals surface area contributed by atoms with E-state index in [2.05, 4.69) is 18.9 Å². The van der Waals surface area contributed by atoms with Crippen molar-refractivity contribution in [1.82, 2.24) is 9.78 Å². The number of nitrogens with two attached hydrogens (primary N) is 1. The molecule has 0 aliphatic rings. The third-order valence-electron chi connectivity index (χ3n) is 3.29. The summed E-state index contributed by atoms with van der Waals surface area (Å²) >= 11 is 6.07. The summed E-state index contributed by atoms with van der Waals surface area (Å²) < 4.78 is 1.95. The quantitative estimate of drug-likeness (QED) is 0.924. The molecule has 0 saturated heterocycles. The van der Waals surface area contributed by atoms with Gasteiger partial charge >= 0.3 is 0 Å². The molecule has 1 heterocycles. The summed E-state index contributed by atoms with van der Waals surface area (Å²) in [5, 5.41) is 5.31. The van der Waals surface area contributed by atoms with E-state index < -0.39 is 0 Å². The summed E-state index contributed by atoms with van der Waals surface area (Å²) in [6, 6.07) is 5.74. The minimum Gasteiger partial charge on any atom is -0.326 e. The van der Waals surface area contributed by atoms with Gasteiger partial charge in [-0.05, 0) is 43.5 Å². The van der Waals surface area contributed by atoms with Gasteiger partial charge in [0.15, 0.2) is 0 Å². The second-order valence-electron chi connectivity index (χ2n) is 4.39. The third kappa shape index (κ3) is 2.16. The molecule has 0 radical (unpaired) electrons. The number of rotatable bonds is 3. The molecule has 0 amide bonds. The van der Waals surface area contributed by atoms with Crippen LogP contribution >= 0.6 is 11.6 Å². The number of benzene rings is 1. The van der Waals surface area contributed by atoms with Crippen LogP contribution in [0.15, 0.2) is 18.2 Å². The van der Waals surface area contributed by atoms with E-state index in [-0.39, 0.29) is 0 Å². The van der Waals surface area contributed by atoms with E-state index in [9.17, 15) is 0 Å². The van der Waals surface area contributed by atoms with Gasteiger partial charge in [-0.15, -0.1) is 0 Å². The van der Waals surface area contributed by atoms with Crippen molar-refractivity contribution >= 4 is 11.6 Å². The summed E-state index contributed by atoms with van der Waals surface area (Å²) in [6.45, 7) is 6.74. The first-order chi connectivity index (χ1) is 8.58. The van der Waals surface area contributed by atoms with Crippen molar-refractivity contribution in [3.8, 4) is 5.69 Å². The molecule has 0 bridgehead atoms. The van der Waals surface area contributed by atoms with Crippen LogP contribution in [0.5, 0.6) is 0 Å². The molecule has 0 aliphatic heterocycles. The van der Waals surface area contributed by atoms with Gasteiger partial charge in [-0.3, -0.25) is 0 Å². The van der Waals surface area contributed by atoms with Crippen LogP contribution in [0.4, 0.5) is 0 Å². The second kappa shape index (κ2) is 5.12. The smallest absolute Gasteiger partial charge is 0.0708 e. The highest BCUT2D eigenvalue weighted by Crippen LogP contribution is 2.23. The molecule has 96 valence electrons. The van der Waals surface area contributed by atoms with Gasteiger partial charge in [0, 0.05) is 17.3 Å². The minimum atomic E-state index is 0.478. The summed E-state index contributed by atoms with van der Waals surface area (Å²) in [6.07, 6.45) is 0.982. The number of hydrogen-bond donors (Lipinski definition) is 1. The summed E-state index contributed by atoms with van der Waals surface area (Å²) in [7, 11) is 0. The van der Waals surface area contributed by atoms with Gasteiger partial charge in [0.05, 0.1) is 11.4 Å². The van der Waals surface area contributed by atoms with E-state index in [4.69, 9.17) is 17.3 Å². The van der Waals surface area contributed by atoms with Crippen molar-refractivity contribution in [2.45, 2.75) is 33.7 Å². The highest BCUT2D eigenvalue weighted by Gasteiger charge is 2.13. The Morgan fingerprint density at radius 3 is 2.61 bits per heavy atom. The molecule has 18 heavy (non-hydrogen) atoms. The van der Waals surface area contributed by atoms with Gasteiger partial charge in [-0.1, -0.05) is 24.6 Å². The van der Waals surface area contributed by atoms with E-state index in [0.717, 1.165) is 29.1 Å². The lowest BCUT2D eigenvalue weighted by Crippen LogP contribution is -2.07.